The summed E-state index contributed by atoms with van der Waals surface area (Å²) in [6, 6.07) is 57.9. The molecule has 0 aliphatic carbocycles. The Morgan fingerprint density at radius 2 is 0.525 bits per heavy atom. The van der Waals surface area contributed by atoms with Crippen LogP contribution < -0.4 is 0 Å². The van der Waals surface area contributed by atoms with Gasteiger partial charge in [-0.3, -0.25) is 13.7 Å². The van der Waals surface area contributed by atoms with Gasteiger partial charge >= 0.3 is 22.8 Å². The lowest BCUT2D eigenvalue weighted by molar-refractivity contribution is 0.251. The monoisotopic (exact) mass is 898 g/mol. The standard InChI is InChI=1S/C48H54O9P4/c49-59(50,55-37-46(40-19-7-1-8-20-40)41-21-9-2-10-22-41)34-31-58(32-35-60(51,52)56-38-47(42-23-11-3-12-24-42)43-25-13-4-14-26-43)33-36-61(53,54)57-39-48(44-27-15-5-16-28-44)45-29-17-6-18-30-45/h1-30,46-48H,31-39H2,(H,49,50)(H,51,52)(H,53,54). The zero-order valence-electron chi connectivity index (χ0n) is 34.0. The van der Waals surface area contributed by atoms with E-state index >= 15 is 0 Å². The first-order chi connectivity index (χ1) is 29.5. The molecule has 13 heteroatoms. The fraction of sp³-hybridized carbons (Fsp3) is 0.250. The molecule has 0 heterocycles. The quantitative estimate of drug-likeness (QED) is 0.0507. The largest absolute Gasteiger partial charge is 0.328 e. The molecule has 3 atom stereocenters. The molecule has 6 rings (SSSR count). The van der Waals surface area contributed by atoms with Crippen LogP contribution in [0.15, 0.2) is 182 Å². The van der Waals surface area contributed by atoms with Crippen LogP contribution in [0, 0.1) is 0 Å². The van der Waals surface area contributed by atoms with Gasteiger partial charge in [0.1, 0.15) is 0 Å². The molecule has 6 aromatic rings. The molecule has 320 valence electrons. The van der Waals surface area contributed by atoms with Crippen molar-refractivity contribution < 1.29 is 41.9 Å². The van der Waals surface area contributed by atoms with Crippen molar-refractivity contribution in [2.75, 3.05) is 56.8 Å². The smallest absolute Gasteiger partial charge is 0.324 e. The maximum atomic E-state index is 13.7. The molecular weight excluding hydrogens is 844 g/mol. The molecule has 0 saturated carbocycles. The lowest BCUT2D eigenvalue weighted by atomic mass is 9.92. The van der Waals surface area contributed by atoms with Gasteiger partial charge in [0.25, 0.3) is 0 Å². The minimum Gasteiger partial charge on any atom is -0.324 e. The van der Waals surface area contributed by atoms with Crippen molar-refractivity contribution in [3.05, 3.63) is 215 Å². The summed E-state index contributed by atoms with van der Waals surface area (Å²) in [4.78, 5) is 33.5. The van der Waals surface area contributed by atoms with E-state index in [9.17, 15) is 28.4 Å². The van der Waals surface area contributed by atoms with Crippen molar-refractivity contribution in [2.24, 2.45) is 0 Å². The molecule has 0 bridgehead atoms. The summed E-state index contributed by atoms with van der Waals surface area (Å²) in [6.45, 7) is -0.104. The predicted octanol–water partition coefficient (Wildman–Crippen LogP) is 11.6. The molecule has 0 aliphatic rings. The Morgan fingerprint density at radius 3 is 0.705 bits per heavy atom. The van der Waals surface area contributed by atoms with E-state index in [1.807, 2.05) is 182 Å². The van der Waals surface area contributed by atoms with Crippen molar-refractivity contribution in [2.45, 2.75) is 17.8 Å². The molecule has 0 amide bonds. The van der Waals surface area contributed by atoms with Gasteiger partial charge in [0.15, 0.2) is 0 Å². The minimum absolute atomic E-state index is 0.0346. The van der Waals surface area contributed by atoms with Crippen molar-refractivity contribution >= 4 is 30.7 Å². The SMILES string of the molecule is O=P(O)(CCP(CCP(=O)(O)OCC(c1ccccc1)c1ccccc1)CCP(=O)(O)OCC(c1ccccc1)c1ccccc1)OCC(c1ccccc1)c1ccccc1. The Labute approximate surface area is 361 Å². The number of rotatable bonds is 24. The van der Waals surface area contributed by atoms with Gasteiger partial charge in [0.05, 0.1) is 38.3 Å². The van der Waals surface area contributed by atoms with Crippen molar-refractivity contribution in [3.63, 3.8) is 0 Å². The van der Waals surface area contributed by atoms with Gasteiger partial charge in [0, 0.05) is 17.8 Å². The summed E-state index contributed by atoms with van der Waals surface area (Å²) < 4.78 is 58.4. The molecular formula is C48H54O9P4. The Morgan fingerprint density at radius 1 is 0.344 bits per heavy atom. The van der Waals surface area contributed by atoms with Crippen molar-refractivity contribution in [1.29, 1.82) is 0 Å². The highest BCUT2D eigenvalue weighted by atomic mass is 31.2. The third kappa shape index (κ3) is 15.2. The third-order valence-corrected chi connectivity index (χ3v) is 18.3. The normalized spacial score (nSPS) is 15.2. The van der Waals surface area contributed by atoms with Crippen LogP contribution in [0.25, 0.3) is 0 Å². The van der Waals surface area contributed by atoms with Gasteiger partial charge < -0.3 is 28.3 Å². The first-order valence-corrected chi connectivity index (χ1v) is 27.6. The molecule has 0 spiro atoms. The highest BCUT2D eigenvalue weighted by Crippen LogP contribution is 2.54. The maximum absolute atomic E-state index is 13.7. The van der Waals surface area contributed by atoms with E-state index in [1.54, 1.807) is 0 Å². The Balaban J connectivity index is 1.13. The molecule has 0 aromatic heterocycles. The summed E-state index contributed by atoms with van der Waals surface area (Å²) in [5.41, 5.74) is 5.65. The second kappa shape index (κ2) is 23.0. The average Bonchev–Trinajstić information content (AvgIpc) is 3.28. The van der Waals surface area contributed by atoms with Gasteiger partial charge in [-0.15, -0.1) is 7.92 Å². The second-order valence-electron chi connectivity index (χ2n) is 14.9. The summed E-state index contributed by atoms with van der Waals surface area (Å²) in [7, 11) is -13.8. The zero-order chi connectivity index (χ0) is 43.0. The van der Waals surface area contributed by atoms with E-state index in [4.69, 9.17) is 13.6 Å². The van der Waals surface area contributed by atoms with Gasteiger partial charge in [-0.25, -0.2) is 0 Å². The molecule has 3 N–H and O–H groups in total. The van der Waals surface area contributed by atoms with Crippen LogP contribution in [-0.2, 0) is 27.3 Å². The van der Waals surface area contributed by atoms with Crippen LogP contribution in [0.4, 0.5) is 0 Å². The van der Waals surface area contributed by atoms with Crippen LogP contribution in [0.1, 0.15) is 51.1 Å². The minimum atomic E-state index is -4.17. The van der Waals surface area contributed by atoms with Crippen LogP contribution in [-0.4, -0.2) is 71.5 Å². The molecule has 9 nitrogen and oxygen atoms in total. The molecule has 0 radical (unpaired) electrons. The van der Waals surface area contributed by atoms with Crippen LogP contribution in [0.2, 0.25) is 0 Å². The summed E-state index contributed by atoms with van der Waals surface area (Å²) in [5.74, 6) is -0.860. The summed E-state index contributed by atoms with van der Waals surface area (Å²) >= 11 is 0. The first kappa shape index (κ1) is 46.7. The molecule has 0 saturated heterocycles. The number of benzene rings is 6. The Hall–Kier alpha value is -3.80. The molecule has 3 unspecified atom stereocenters. The Kier molecular flexibility index (Phi) is 17.6. The lowest BCUT2D eigenvalue weighted by Gasteiger charge is -2.25. The topological polar surface area (TPSA) is 140 Å². The van der Waals surface area contributed by atoms with Crippen LogP contribution in [0.5, 0.6) is 0 Å². The van der Waals surface area contributed by atoms with Crippen LogP contribution in [0.3, 0.4) is 0 Å². The van der Waals surface area contributed by atoms with Crippen molar-refractivity contribution in [1.82, 2.24) is 0 Å². The van der Waals surface area contributed by atoms with Gasteiger partial charge in [-0.1, -0.05) is 182 Å². The lowest BCUT2D eigenvalue weighted by Crippen LogP contribution is -2.13. The van der Waals surface area contributed by atoms with E-state index in [1.165, 1.54) is 0 Å². The fourth-order valence-corrected chi connectivity index (χ4v) is 15.8. The number of hydrogen-bond donors (Lipinski definition) is 3. The third-order valence-electron chi connectivity index (χ3n) is 10.6. The summed E-state index contributed by atoms with van der Waals surface area (Å²) in [5, 5.41) is 0. The van der Waals surface area contributed by atoms with Gasteiger partial charge in [0.2, 0.25) is 0 Å². The van der Waals surface area contributed by atoms with E-state index < -0.39 is 30.7 Å². The molecule has 61 heavy (non-hydrogen) atoms. The molecule has 6 aromatic carbocycles. The van der Waals surface area contributed by atoms with E-state index in [-0.39, 0.29) is 74.5 Å². The van der Waals surface area contributed by atoms with Gasteiger partial charge in [-0.05, 0) is 51.9 Å². The first-order valence-electron chi connectivity index (χ1n) is 20.4. The zero-order valence-corrected chi connectivity index (χ0v) is 37.6. The average molecular weight is 899 g/mol. The van der Waals surface area contributed by atoms with Crippen LogP contribution >= 0.6 is 30.7 Å². The molecule has 0 aliphatic heterocycles. The predicted molar refractivity (Wildman–Crippen MR) is 248 cm³/mol. The fourth-order valence-electron chi connectivity index (χ4n) is 7.17. The summed E-state index contributed by atoms with van der Waals surface area (Å²) in [6.07, 6.45) is -0.184. The van der Waals surface area contributed by atoms with E-state index in [2.05, 4.69) is 0 Å². The highest BCUT2D eigenvalue weighted by molar-refractivity contribution is 7.63. The maximum Gasteiger partial charge on any atom is 0.328 e. The number of hydrogen-bond acceptors (Lipinski definition) is 6. The second-order valence-corrected chi connectivity index (χ2v) is 23.6. The van der Waals surface area contributed by atoms with Crippen molar-refractivity contribution in [3.8, 4) is 0 Å². The van der Waals surface area contributed by atoms with Gasteiger partial charge in [-0.2, -0.15) is 0 Å². The van der Waals surface area contributed by atoms with E-state index in [0.717, 1.165) is 33.4 Å². The highest BCUT2D eigenvalue weighted by Gasteiger charge is 2.31. The van der Waals surface area contributed by atoms with E-state index in [0.29, 0.717) is 0 Å². The molecule has 0 fully saturated rings. The Bertz CT molecular complexity index is 1940.